The number of rotatable bonds is 5. The van der Waals surface area contributed by atoms with E-state index in [1.54, 1.807) is 20.8 Å². The quantitative estimate of drug-likeness (QED) is 0.744. The second-order valence-electron chi connectivity index (χ2n) is 7.50. The SMILES string of the molecule is CC(C)(C)OC(=O)CN1C(=O)c2c(OCC(=O)O)cccc2Oc2ccc(F)cc21. The zero-order chi connectivity index (χ0) is 22.1. The maximum atomic E-state index is 14.0. The minimum absolute atomic E-state index is 0.0336. The van der Waals surface area contributed by atoms with Crippen LogP contribution in [0.3, 0.4) is 0 Å². The largest absolute Gasteiger partial charge is 0.481 e. The van der Waals surface area contributed by atoms with Crippen LogP contribution in [0.15, 0.2) is 36.4 Å². The van der Waals surface area contributed by atoms with Crippen molar-refractivity contribution in [2.45, 2.75) is 26.4 Å². The van der Waals surface area contributed by atoms with Crippen molar-refractivity contribution in [3.8, 4) is 17.2 Å². The number of benzene rings is 2. The average molecular weight is 417 g/mol. The molecular weight excluding hydrogens is 397 g/mol. The van der Waals surface area contributed by atoms with Crippen LogP contribution < -0.4 is 14.4 Å². The van der Waals surface area contributed by atoms with Crippen LogP contribution in [0.25, 0.3) is 0 Å². The van der Waals surface area contributed by atoms with Crippen molar-refractivity contribution in [3.63, 3.8) is 0 Å². The van der Waals surface area contributed by atoms with Crippen molar-refractivity contribution < 1.29 is 38.1 Å². The molecule has 9 heteroatoms. The average Bonchev–Trinajstić information content (AvgIpc) is 2.74. The topological polar surface area (TPSA) is 102 Å². The summed E-state index contributed by atoms with van der Waals surface area (Å²) in [6, 6.07) is 7.98. The minimum atomic E-state index is -1.23. The Kier molecular flexibility index (Phi) is 5.64. The normalized spacial score (nSPS) is 12.9. The van der Waals surface area contributed by atoms with E-state index in [0.717, 1.165) is 17.0 Å². The minimum Gasteiger partial charge on any atom is -0.481 e. The van der Waals surface area contributed by atoms with Crippen molar-refractivity contribution in [3.05, 3.63) is 47.8 Å². The van der Waals surface area contributed by atoms with E-state index in [0.29, 0.717) is 0 Å². The molecule has 0 radical (unpaired) electrons. The van der Waals surface area contributed by atoms with Gasteiger partial charge in [0.15, 0.2) is 12.4 Å². The number of halogens is 1. The van der Waals surface area contributed by atoms with Gasteiger partial charge in [0.2, 0.25) is 0 Å². The fourth-order valence-corrected chi connectivity index (χ4v) is 2.88. The molecule has 158 valence electrons. The van der Waals surface area contributed by atoms with Gasteiger partial charge >= 0.3 is 11.9 Å². The van der Waals surface area contributed by atoms with Crippen molar-refractivity contribution >= 4 is 23.5 Å². The summed E-state index contributed by atoms with van der Waals surface area (Å²) < 4.78 is 30.3. The number of amides is 1. The van der Waals surface area contributed by atoms with Gasteiger partial charge in [0.05, 0.1) is 5.69 Å². The van der Waals surface area contributed by atoms with E-state index < -0.39 is 42.4 Å². The van der Waals surface area contributed by atoms with Gasteiger partial charge in [-0.05, 0) is 45.0 Å². The number of ether oxygens (including phenoxy) is 3. The Hall–Kier alpha value is -3.62. The van der Waals surface area contributed by atoms with E-state index in [4.69, 9.17) is 19.3 Å². The highest BCUT2D eigenvalue weighted by Crippen LogP contribution is 2.42. The molecule has 0 bridgehead atoms. The fourth-order valence-electron chi connectivity index (χ4n) is 2.88. The number of aliphatic carboxylic acids is 1. The summed E-state index contributed by atoms with van der Waals surface area (Å²) >= 11 is 0. The van der Waals surface area contributed by atoms with Crippen LogP contribution in [0, 0.1) is 5.82 Å². The zero-order valence-electron chi connectivity index (χ0n) is 16.6. The highest BCUT2D eigenvalue weighted by atomic mass is 19.1. The molecule has 0 fully saturated rings. The van der Waals surface area contributed by atoms with Crippen LogP contribution in [0.2, 0.25) is 0 Å². The number of carbonyl (C=O) groups excluding carboxylic acids is 2. The molecule has 2 aromatic carbocycles. The van der Waals surface area contributed by atoms with Crippen molar-refractivity contribution in [2.75, 3.05) is 18.1 Å². The number of carboxylic acid groups (broad SMARTS) is 1. The molecule has 30 heavy (non-hydrogen) atoms. The summed E-state index contributed by atoms with van der Waals surface area (Å²) in [5.74, 6) is -3.11. The van der Waals surface area contributed by atoms with Gasteiger partial charge in [0.1, 0.15) is 35.0 Å². The molecule has 8 nitrogen and oxygen atoms in total. The van der Waals surface area contributed by atoms with Crippen molar-refractivity contribution in [1.82, 2.24) is 0 Å². The lowest BCUT2D eigenvalue weighted by molar-refractivity contribution is -0.152. The molecular formula is C21H20FNO7. The van der Waals surface area contributed by atoms with E-state index >= 15 is 0 Å². The molecule has 1 heterocycles. The molecule has 0 aliphatic carbocycles. The molecule has 0 unspecified atom stereocenters. The summed E-state index contributed by atoms with van der Waals surface area (Å²) in [7, 11) is 0. The Morgan fingerprint density at radius 1 is 1.17 bits per heavy atom. The third kappa shape index (κ3) is 4.68. The molecule has 3 rings (SSSR count). The molecule has 1 amide bonds. The van der Waals surface area contributed by atoms with Gasteiger partial charge < -0.3 is 19.3 Å². The van der Waals surface area contributed by atoms with Crippen LogP contribution in [0.4, 0.5) is 10.1 Å². The molecule has 1 N–H and O–H groups in total. The lowest BCUT2D eigenvalue weighted by Crippen LogP contribution is -2.38. The highest BCUT2D eigenvalue weighted by molar-refractivity contribution is 6.13. The van der Waals surface area contributed by atoms with Gasteiger partial charge in [0.25, 0.3) is 5.91 Å². The molecule has 0 saturated heterocycles. The number of esters is 1. The summed E-state index contributed by atoms with van der Waals surface area (Å²) in [4.78, 5) is 37.7. The molecule has 0 aromatic heterocycles. The Balaban J connectivity index is 2.08. The summed E-state index contributed by atoms with van der Waals surface area (Å²) in [5.41, 5.74) is -0.842. The molecule has 2 aromatic rings. The smallest absolute Gasteiger partial charge is 0.341 e. The summed E-state index contributed by atoms with van der Waals surface area (Å²) in [5, 5.41) is 8.90. The van der Waals surface area contributed by atoms with Crippen LogP contribution in [0.1, 0.15) is 31.1 Å². The maximum absolute atomic E-state index is 14.0. The van der Waals surface area contributed by atoms with Crippen LogP contribution >= 0.6 is 0 Å². The maximum Gasteiger partial charge on any atom is 0.341 e. The predicted octanol–water partition coefficient (Wildman–Crippen LogP) is 3.38. The second kappa shape index (κ2) is 8.02. The van der Waals surface area contributed by atoms with Crippen LogP contribution in [-0.2, 0) is 14.3 Å². The lowest BCUT2D eigenvalue weighted by atomic mass is 10.1. The number of nitrogens with zero attached hydrogens (tertiary/aromatic N) is 1. The van der Waals surface area contributed by atoms with Gasteiger partial charge in [-0.25, -0.2) is 9.18 Å². The summed E-state index contributed by atoms with van der Waals surface area (Å²) in [6.45, 7) is 3.84. The van der Waals surface area contributed by atoms with E-state index in [9.17, 15) is 18.8 Å². The number of hydrogen-bond acceptors (Lipinski definition) is 6. The third-order valence-electron chi connectivity index (χ3n) is 3.94. The number of carbonyl (C=O) groups is 3. The Morgan fingerprint density at radius 2 is 1.90 bits per heavy atom. The first-order chi connectivity index (χ1) is 14.0. The van der Waals surface area contributed by atoms with E-state index in [2.05, 4.69) is 0 Å². The van der Waals surface area contributed by atoms with Crippen molar-refractivity contribution in [1.29, 1.82) is 0 Å². The fraction of sp³-hybridized carbons (Fsp3) is 0.286. The first kappa shape index (κ1) is 21.1. The van der Waals surface area contributed by atoms with Crippen LogP contribution in [-0.4, -0.2) is 41.7 Å². The lowest BCUT2D eigenvalue weighted by Gasteiger charge is -2.25. The predicted molar refractivity (Wildman–Crippen MR) is 104 cm³/mol. The number of fused-ring (bicyclic) bond motifs is 2. The second-order valence-corrected chi connectivity index (χ2v) is 7.50. The van der Waals surface area contributed by atoms with Gasteiger partial charge in [-0.2, -0.15) is 0 Å². The molecule has 0 atom stereocenters. The highest BCUT2D eigenvalue weighted by Gasteiger charge is 2.34. The molecule has 0 saturated carbocycles. The number of carboxylic acids is 1. The monoisotopic (exact) mass is 417 g/mol. The standard InChI is InChI=1S/C21H20FNO7/c1-21(2,3)30-18(26)10-23-13-9-12(22)7-8-14(13)29-16-6-4-5-15(19(16)20(23)27)28-11-17(24)25/h4-9H,10-11H2,1-3H3,(H,24,25). The Bertz CT molecular complexity index is 1010. The van der Waals surface area contributed by atoms with Gasteiger partial charge in [-0.15, -0.1) is 0 Å². The molecule has 0 spiro atoms. The summed E-state index contributed by atoms with van der Waals surface area (Å²) in [6.07, 6.45) is 0. The van der Waals surface area contributed by atoms with Crippen LogP contribution in [0.5, 0.6) is 17.2 Å². The Labute approximate surface area is 171 Å². The number of hydrogen-bond donors (Lipinski definition) is 1. The first-order valence-electron chi connectivity index (χ1n) is 9.04. The van der Waals surface area contributed by atoms with Gasteiger partial charge in [-0.3, -0.25) is 14.5 Å². The number of anilines is 1. The Morgan fingerprint density at radius 3 is 2.57 bits per heavy atom. The molecule has 1 aliphatic rings. The molecule has 1 aliphatic heterocycles. The zero-order valence-corrected chi connectivity index (χ0v) is 16.6. The first-order valence-corrected chi connectivity index (χ1v) is 9.04. The van der Waals surface area contributed by atoms with Gasteiger partial charge in [0, 0.05) is 6.07 Å². The third-order valence-corrected chi connectivity index (χ3v) is 3.94. The van der Waals surface area contributed by atoms with Gasteiger partial charge in [-0.1, -0.05) is 6.07 Å². The van der Waals surface area contributed by atoms with E-state index in [1.807, 2.05) is 0 Å². The van der Waals surface area contributed by atoms with E-state index in [-0.39, 0.29) is 28.5 Å². The van der Waals surface area contributed by atoms with E-state index in [1.165, 1.54) is 24.3 Å². The van der Waals surface area contributed by atoms with Crippen molar-refractivity contribution in [2.24, 2.45) is 0 Å².